The topological polar surface area (TPSA) is 49.4 Å². The molecule has 0 aromatic carbocycles. The predicted molar refractivity (Wildman–Crippen MR) is 75.5 cm³/mol. The summed E-state index contributed by atoms with van der Waals surface area (Å²) in [4.78, 5) is 26.1. The fourth-order valence-electron chi connectivity index (χ4n) is 1.99. The molecule has 0 spiro atoms. The maximum atomic E-state index is 12.4. The first-order chi connectivity index (χ1) is 8.19. The lowest BCUT2D eigenvalue weighted by Crippen LogP contribution is -2.65. The molecule has 0 bridgehead atoms. The molecular formula is C13H24N2O2S. The van der Waals surface area contributed by atoms with Crippen LogP contribution in [0.2, 0.25) is 0 Å². The molecule has 104 valence electrons. The number of hydrogen-bond donors (Lipinski definition) is 1. The molecule has 2 unspecified atom stereocenters. The molecule has 2 atom stereocenters. The van der Waals surface area contributed by atoms with Crippen LogP contribution in [0.15, 0.2) is 0 Å². The van der Waals surface area contributed by atoms with Crippen LogP contribution in [0, 0.1) is 5.92 Å². The summed E-state index contributed by atoms with van der Waals surface area (Å²) >= 11 is 1.71. The number of amides is 2. The second kappa shape index (κ2) is 5.51. The minimum atomic E-state index is -0.383. The van der Waals surface area contributed by atoms with Gasteiger partial charge in [-0.3, -0.25) is 9.59 Å². The van der Waals surface area contributed by atoms with Gasteiger partial charge in [0.25, 0.3) is 0 Å². The summed E-state index contributed by atoms with van der Waals surface area (Å²) in [7, 11) is 0. The van der Waals surface area contributed by atoms with Crippen molar-refractivity contribution in [1.29, 1.82) is 0 Å². The van der Waals surface area contributed by atoms with E-state index in [1.54, 1.807) is 23.6 Å². The van der Waals surface area contributed by atoms with Crippen molar-refractivity contribution in [2.24, 2.45) is 5.92 Å². The molecule has 1 saturated heterocycles. The summed E-state index contributed by atoms with van der Waals surface area (Å²) in [5, 5.41) is 2.81. The number of nitrogens with zero attached hydrogens (tertiary/aromatic N) is 1. The third-order valence-electron chi connectivity index (χ3n) is 3.46. The number of nitrogens with one attached hydrogen (secondary N) is 1. The van der Waals surface area contributed by atoms with E-state index in [1.165, 1.54) is 0 Å². The van der Waals surface area contributed by atoms with E-state index in [1.807, 2.05) is 20.1 Å². The Hall–Kier alpha value is -0.710. The van der Waals surface area contributed by atoms with E-state index in [2.05, 4.69) is 19.2 Å². The van der Waals surface area contributed by atoms with Crippen LogP contribution in [-0.2, 0) is 9.59 Å². The zero-order valence-corrected chi connectivity index (χ0v) is 12.9. The fourth-order valence-corrected chi connectivity index (χ4v) is 2.26. The van der Waals surface area contributed by atoms with E-state index in [-0.39, 0.29) is 34.6 Å². The van der Waals surface area contributed by atoms with Crippen LogP contribution in [0.4, 0.5) is 0 Å². The molecule has 0 aliphatic carbocycles. The van der Waals surface area contributed by atoms with Gasteiger partial charge in [0.05, 0.1) is 0 Å². The first-order valence-corrected chi connectivity index (χ1v) is 7.58. The minimum Gasteiger partial charge on any atom is -0.342 e. The largest absolute Gasteiger partial charge is 0.342 e. The van der Waals surface area contributed by atoms with E-state index < -0.39 is 0 Å². The zero-order chi connectivity index (χ0) is 14.1. The summed E-state index contributed by atoms with van der Waals surface area (Å²) in [5.74, 6) is 0.110. The van der Waals surface area contributed by atoms with Crippen LogP contribution in [0.25, 0.3) is 0 Å². The maximum absolute atomic E-state index is 12.4. The summed E-state index contributed by atoms with van der Waals surface area (Å²) in [6, 6.07) is -0.759. The van der Waals surface area contributed by atoms with Crippen molar-refractivity contribution in [2.75, 3.05) is 12.8 Å². The van der Waals surface area contributed by atoms with Gasteiger partial charge in [-0.05, 0) is 32.9 Å². The monoisotopic (exact) mass is 272 g/mol. The Kier molecular flexibility index (Phi) is 4.70. The zero-order valence-electron chi connectivity index (χ0n) is 12.1. The smallest absolute Gasteiger partial charge is 0.246 e. The molecular weight excluding hydrogens is 248 g/mol. The number of rotatable bonds is 4. The summed E-state index contributed by atoms with van der Waals surface area (Å²) in [6.07, 6.45) is 2.03. The third kappa shape index (κ3) is 3.19. The van der Waals surface area contributed by atoms with Crippen molar-refractivity contribution < 1.29 is 9.59 Å². The fraction of sp³-hybridized carbons (Fsp3) is 0.846. The van der Waals surface area contributed by atoms with Gasteiger partial charge in [-0.1, -0.05) is 13.8 Å². The molecule has 4 nitrogen and oxygen atoms in total. The summed E-state index contributed by atoms with van der Waals surface area (Å²) in [6.45, 7) is 10.5. The van der Waals surface area contributed by atoms with Crippen LogP contribution >= 0.6 is 11.8 Å². The van der Waals surface area contributed by atoms with Crippen LogP contribution in [-0.4, -0.2) is 46.3 Å². The Labute approximate surface area is 114 Å². The summed E-state index contributed by atoms with van der Waals surface area (Å²) in [5.41, 5.74) is 0. The number of thioether (sulfide) groups is 1. The highest BCUT2D eigenvalue weighted by Gasteiger charge is 2.41. The van der Waals surface area contributed by atoms with Gasteiger partial charge in [-0.2, -0.15) is 11.8 Å². The second-order valence-electron chi connectivity index (χ2n) is 5.84. The van der Waals surface area contributed by atoms with E-state index in [9.17, 15) is 9.59 Å². The number of carbonyl (C=O) groups is 2. The molecule has 0 radical (unpaired) electrons. The van der Waals surface area contributed by atoms with Crippen molar-refractivity contribution in [3.63, 3.8) is 0 Å². The number of piperazine rings is 1. The van der Waals surface area contributed by atoms with Crippen LogP contribution in [0.3, 0.4) is 0 Å². The Balaban J connectivity index is 2.92. The van der Waals surface area contributed by atoms with Crippen LogP contribution in [0.5, 0.6) is 0 Å². The van der Waals surface area contributed by atoms with Crippen molar-refractivity contribution in [3.05, 3.63) is 0 Å². The van der Waals surface area contributed by atoms with Gasteiger partial charge in [0, 0.05) is 11.3 Å². The molecule has 0 saturated carbocycles. The lowest BCUT2D eigenvalue weighted by molar-refractivity contribution is -0.150. The van der Waals surface area contributed by atoms with Crippen molar-refractivity contribution in [1.82, 2.24) is 10.2 Å². The first kappa shape index (κ1) is 15.3. The third-order valence-corrected chi connectivity index (χ3v) is 4.70. The Morgan fingerprint density at radius 3 is 2.39 bits per heavy atom. The maximum Gasteiger partial charge on any atom is 0.246 e. The highest BCUT2D eigenvalue weighted by atomic mass is 32.2. The molecule has 0 aromatic rings. The van der Waals surface area contributed by atoms with E-state index in [0.717, 1.165) is 0 Å². The average Bonchev–Trinajstić information content (AvgIpc) is 2.29. The van der Waals surface area contributed by atoms with Gasteiger partial charge in [0.15, 0.2) is 0 Å². The van der Waals surface area contributed by atoms with Crippen LogP contribution < -0.4 is 5.32 Å². The van der Waals surface area contributed by atoms with Crippen LogP contribution in [0.1, 0.15) is 34.6 Å². The second-order valence-corrected chi connectivity index (χ2v) is 7.35. The first-order valence-electron chi connectivity index (χ1n) is 6.35. The van der Waals surface area contributed by atoms with E-state index in [4.69, 9.17) is 0 Å². The van der Waals surface area contributed by atoms with E-state index >= 15 is 0 Å². The molecule has 5 heteroatoms. The lowest BCUT2D eigenvalue weighted by Gasteiger charge is -2.42. The van der Waals surface area contributed by atoms with Gasteiger partial charge in [-0.25, -0.2) is 0 Å². The van der Waals surface area contributed by atoms with Gasteiger partial charge in [0.2, 0.25) is 11.8 Å². The molecule has 0 aromatic heterocycles. The lowest BCUT2D eigenvalue weighted by atomic mass is 9.97. The van der Waals surface area contributed by atoms with Crippen molar-refractivity contribution >= 4 is 23.6 Å². The Bertz CT molecular complexity index is 342. The molecule has 1 fully saturated rings. The number of carbonyl (C=O) groups excluding carboxylic acids is 2. The standard InChI is InChI=1S/C13H24N2O2S/c1-8(2)10-12(17)15(7-13(4,5)18-6)9(3)11(16)14-10/h8-10H,7H2,1-6H3,(H,14,16). The average molecular weight is 272 g/mol. The van der Waals surface area contributed by atoms with Gasteiger partial charge < -0.3 is 10.2 Å². The Morgan fingerprint density at radius 1 is 1.39 bits per heavy atom. The predicted octanol–water partition coefficient (Wildman–Crippen LogP) is 1.50. The van der Waals surface area contributed by atoms with Crippen molar-refractivity contribution in [2.45, 2.75) is 51.4 Å². The van der Waals surface area contributed by atoms with Crippen molar-refractivity contribution in [3.8, 4) is 0 Å². The molecule has 1 aliphatic heterocycles. The quantitative estimate of drug-likeness (QED) is 0.844. The molecule has 1 N–H and O–H groups in total. The van der Waals surface area contributed by atoms with Gasteiger partial charge >= 0.3 is 0 Å². The highest BCUT2D eigenvalue weighted by Crippen LogP contribution is 2.25. The highest BCUT2D eigenvalue weighted by molar-refractivity contribution is 7.99. The van der Waals surface area contributed by atoms with Gasteiger partial charge in [-0.15, -0.1) is 0 Å². The molecule has 1 rings (SSSR count). The minimum absolute atomic E-state index is 0.0386. The number of hydrogen-bond acceptors (Lipinski definition) is 3. The normalized spacial score (nSPS) is 25.6. The van der Waals surface area contributed by atoms with Gasteiger partial charge in [0.1, 0.15) is 12.1 Å². The molecule has 18 heavy (non-hydrogen) atoms. The summed E-state index contributed by atoms with van der Waals surface area (Å²) < 4.78 is -0.0386. The van der Waals surface area contributed by atoms with E-state index in [0.29, 0.717) is 6.54 Å². The SMILES string of the molecule is CSC(C)(C)CN1C(=O)C(C(C)C)NC(=O)C1C. The molecule has 2 amide bonds. The molecule has 1 aliphatic rings. The Morgan fingerprint density at radius 2 is 1.94 bits per heavy atom. The molecule has 1 heterocycles.